The molecule has 8 atom stereocenters. The van der Waals surface area contributed by atoms with Gasteiger partial charge in [-0.05, 0) is 254 Å². The summed E-state index contributed by atoms with van der Waals surface area (Å²) in [6.45, 7) is 40.8. The summed E-state index contributed by atoms with van der Waals surface area (Å²) in [5, 5.41) is 10.5. The first kappa shape index (κ1) is 74.4. The van der Waals surface area contributed by atoms with E-state index in [9.17, 15) is 43.5 Å². The molecule has 15 aliphatic carbocycles. The number of cyclic esters (lactones) is 1. The summed E-state index contributed by atoms with van der Waals surface area (Å²) in [6, 6.07) is 0. The number of hydrogen-bond donors (Lipinski definition) is 1. The molecule has 17 fully saturated rings. The van der Waals surface area contributed by atoms with E-state index in [1.165, 1.54) is 96.8 Å². The molecule has 17 heteroatoms. The summed E-state index contributed by atoms with van der Waals surface area (Å²) in [7, 11) is 0. The number of ether oxygens (including phenoxy) is 8. The SMILES string of the molecule is C=C(C)C(=O)OC1(C(C)C)C2CC3CC(C2)CC1C3.C=C(C)C(=O)OC1(CC)C2CC3CC(C2)CC1C3.C=C(C)C(=O)OC1(CC)CCCCC1.C=C(C)C(=O)OC12CC3CC(CC(O)(C3)C1)C2.C=C(C)C(=O)OC1C2CC3C(=O)OC1C3C2.C=C(C)C(=O)OC1CCOC1=O. The second-order valence-corrected chi connectivity index (χ2v) is 32.8. The van der Waals surface area contributed by atoms with Crippen LogP contribution in [0.1, 0.15) is 236 Å². The molecule has 1 N–H and O–H groups in total. The van der Waals surface area contributed by atoms with Gasteiger partial charge in [0.05, 0.1) is 18.1 Å². The Morgan fingerprint density at radius 1 is 0.510 bits per heavy atom. The monoisotopic (exact) mass is 1330 g/mol. The summed E-state index contributed by atoms with van der Waals surface area (Å²) in [5.41, 5.74) is 1.19. The van der Waals surface area contributed by atoms with Gasteiger partial charge in [-0.25, -0.2) is 33.6 Å². The van der Waals surface area contributed by atoms with Gasteiger partial charge in [-0.1, -0.05) is 73.6 Å². The molecule has 0 spiro atoms. The second-order valence-electron chi connectivity index (χ2n) is 32.8. The lowest BCUT2D eigenvalue weighted by molar-refractivity contribution is -0.221. The zero-order chi connectivity index (χ0) is 70.1. The highest BCUT2D eigenvalue weighted by Gasteiger charge is 2.65. The molecule has 2 heterocycles. The average molecular weight is 1340 g/mol. The summed E-state index contributed by atoms with van der Waals surface area (Å²) < 4.78 is 43.3. The Morgan fingerprint density at radius 2 is 0.958 bits per heavy atom. The maximum atomic E-state index is 12.1. The van der Waals surface area contributed by atoms with Crippen LogP contribution in [0.15, 0.2) is 72.9 Å². The molecule has 0 radical (unpaired) electrons. The van der Waals surface area contributed by atoms with Crippen LogP contribution < -0.4 is 0 Å². The Morgan fingerprint density at radius 3 is 1.40 bits per heavy atom. The predicted octanol–water partition coefficient (Wildman–Crippen LogP) is 14.6. The topological polar surface area (TPSA) is 231 Å². The lowest BCUT2D eigenvalue weighted by atomic mass is 9.47. The summed E-state index contributed by atoms with van der Waals surface area (Å²) >= 11 is 0. The summed E-state index contributed by atoms with van der Waals surface area (Å²) in [5.74, 6) is 5.79. The first-order chi connectivity index (χ1) is 45.2. The minimum atomic E-state index is -0.728. The van der Waals surface area contributed by atoms with Gasteiger partial charge >= 0.3 is 47.8 Å². The summed E-state index contributed by atoms with van der Waals surface area (Å²) in [6.07, 6.45) is 27.2. The number of rotatable bonds is 15. The van der Waals surface area contributed by atoms with Crippen LogP contribution in [0, 0.1) is 82.9 Å². The number of hydrogen-bond acceptors (Lipinski definition) is 17. The molecule has 0 aromatic heterocycles. The molecule has 14 bridgehead atoms. The highest BCUT2D eigenvalue weighted by Crippen LogP contribution is 2.64. The van der Waals surface area contributed by atoms with Crippen molar-refractivity contribution in [1.29, 1.82) is 0 Å². The fraction of sp³-hybridized carbons (Fsp3) is 0.747. The van der Waals surface area contributed by atoms with E-state index >= 15 is 0 Å². The Kier molecular flexibility index (Phi) is 23.2. The van der Waals surface area contributed by atoms with Crippen molar-refractivity contribution in [1.82, 2.24) is 0 Å². The van der Waals surface area contributed by atoms with E-state index < -0.39 is 29.2 Å². The van der Waals surface area contributed by atoms with Crippen molar-refractivity contribution in [2.45, 2.75) is 282 Å². The van der Waals surface area contributed by atoms with Gasteiger partial charge < -0.3 is 43.0 Å². The quantitative estimate of drug-likeness (QED) is 0.0912. The van der Waals surface area contributed by atoms with Crippen molar-refractivity contribution < 1.29 is 81.4 Å². The first-order valence-corrected chi connectivity index (χ1v) is 36.5. The highest BCUT2D eigenvalue weighted by molar-refractivity contribution is 5.90. The van der Waals surface area contributed by atoms with Crippen molar-refractivity contribution in [2.24, 2.45) is 82.9 Å². The van der Waals surface area contributed by atoms with Crippen LogP contribution in [-0.2, 0) is 76.3 Å². The molecule has 15 saturated carbocycles. The molecule has 8 unspecified atom stereocenters. The van der Waals surface area contributed by atoms with Gasteiger partial charge in [0.15, 0.2) is 0 Å². The minimum Gasteiger partial charge on any atom is -0.463 e. The van der Waals surface area contributed by atoms with Gasteiger partial charge in [0, 0.05) is 58.1 Å². The van der Waals surface area contributed by atoms with E-state index in [-0.39, 0.29) is 82.2 Å². The predicted molar refractivity (Wildman–Crippen MR) is 361 cm³/mol. The van der Waals surface area contributed by atoms with Gasteiger partial charge in [0.2, 0.25) is 6.10 Å². The van der Waals surface area contributed by atoms with Crippen molar-refractivity contribution in [3.05, 3.63) is 72.9 Å². The van der Waals surface area contributed by atoms with E-state index in [4.69, 9.17) is 33.2 Å². The minimum absolute atomic E-state index is 0.0646. The zero-order valence-electron chi connectivity index (χ0n) is 59.6. The molecule has 17 aliphatic rings. The van der Waals surface area contributed by atoms with Crippen molar-refractivity contribution in [3.8, 4) is 0 Å². The average Bonchev–Trinajstić information content (AvgIpc) is 0.923. The fourth-order valence-electron chi connectivity index (χ4n) is 21.1. The number of aliphatic hydroxyl groups is 1. The molecule has 96 heavy (non-hydrogen) atoms. The van der Waals surface area contributed by atoms with Gasteiger partial charge in [-0.15, -0.1) is 0 Å². The second kappa shape index (κ2) is 29.9. The number of carbonyl (C=O) groups excluding carboxylic acids is 8. The van der Waals surface area contributed by atoms with Gasteiger partial charge in [-0.3, -0.25) is 4.79 Å². The Hall–Kier alpha value is -5.84. The van der Waals surface area contributed by atoms with E-state index in [0.717, 1.165) is 87.9 Å². The van der Waals surface area contributed by atoms with E-state index in [1.807, 2.05) is 0 Å². The first-order valence-electron chi connectivity index (χ1n) is 36.5. The maximum absolute atomic E-state index is 12.1. The fourth-order valence-corrected chi connectivity index (χ4v) is 21.1. The molecular formula is C79H114O17. The number of esters is 8. The molecule has 2 aliphatic heterocycles. The third-order valence-electron chi connectivity index (χ3n) is 24.8. The Labute approximate surface area is 571 Å². The highest BCUT2D eigenvalue weighted by atomic mass is 16.6. The van der Waals surface area contributed by atoms with Crippen LogP contribution in [-0.4, -0.2) is 106 Å². The molecule has 0 aromatic rings. The normalized spacial score (nSPS) is 38.2. The van der Waals surface area contributed by atoms with Crippen molar-refractivity contribution in [3.63, 3.8) is 0 Å². The molecule has 17 nitrogen and oxygen atoms in total. The molecule has 17 rings (SSSR count). The van der Waals surface area contributed by atoms with Gasteiger partial charge in [-0.2, -0.15) is 0 Å². The van der Waals surface area contributed by atoms with Crippen LogP contribution in [0.3, 0.4) is 0 Å². The third-order valence-corrected chi connectivity index (χ3v) is 24.8. The van der Waals surface area contributed by atoms with E-state index in [1.54, 1.807) is 34.6 Å². The number of fused-ring (bicyclic) bond motifs is 1. The number of carbonyl (C=O) groups is 8. The molecular weight excluding hydrogens is 1220 g/mol. The lowest BCUT2D eigenvalue weighted by Crippen LogP contribution is -2.62. The smallest absolute Gasteiger partial charge is 0.347 e. The van der Waals surface area contributed by atoms with Crippen LogP contribution in [0.25, 0.3) is 0 Å². The van der Waals surface area contributed by atoms with Crippen LogP contribution in [0.4, 0.5) is 0 Å². The Balaban J connectivity index is 0.000000136. The van der Waals surface area contributed by atoms with Gasteiger partial charge in [0.25, 0.3) is 0 Å². The van der Waals surface area contributed by atoms with Crippen LogP contribution >= 0.6 is 0 Å². The lowest BCUT2D eigenvalue weighted by Gasteiger charge is -2.61. The van der Waals surface area contributed by atoms with E-state index in [2.05, 4.69) is 71.9 Å². The Bertz CT molecular complexity index is 2970. The standard InChI is InChI=1S/C17H26O2.C16H24O2.C14H20O3.C12H14O4.C12H20O2.C8H10O4/c1-10(2)16(18)19-17(11(3)4)14-6-12-5-13(8-14)9-15(17)7-12;1-4-16(18-15(17)10(2)3)13-6-11-5-12(8-13)9-14(16)7-11;1-9(2)12(15)17-14-6-10-3-11(7-14)5-13(16,4-10)8-14;1-5(2)11(13)15-9-6-3-7-8(4-6)12(14)16-10(7)9;1-4-12(8-6-5-7-9-12)14-11(13)10(2)3;1-5(2)7(9)12-6-3-4-11-8(6)10/h11-15H,1,5-9H2,2-4H3;11-14H,2,4-9H2,1,3H3;10-11,16H,1,3-8H2,2H3;6-10H,1,3-4H2,2H3;2,4-9H2,1,3H3;6H,1,3-4H2,2H3. The molecule has 0 aromatic carbocycles. The third kappa shape index (κ3) is 16.1. The zero-order valence-corrected chi connectivity index (χ0v) is 59.6. The van der Waals surface area contributed by atoms with Gasteiger partial charge in [0.1, 0.15) is 34.6 Å². The molecule has 2 saturated heterocycles. The van der Waals surface area contributed by atoms with Crippen LogP contribution in [0.2, 0.25) is 0 Å². The largest absolute Gasteiger partial charge is 0.463 e. The summed E-state index contributed by atoms with van der Waals surface area (Å²) in [4.78, 5) is 91.9. The maximum Gasteiger partial charge on any atom is 0.347 e. The van der Waals surface area contributed by atoms with E-state index in [0.29, 0.717) is 94.7 Å². The van der Waals surface area contributed by atoms with Crippen LogP contribution in [0.5, 0.6) is 0 Å². The van der Waals surface area contributed by atoms with Crippen molar-refractivity contribution >= 4 is 47.8 Å². The molecule has 532 valence electrons. The van der Waals surface area contributed by atoms with Crippen molar-refractivity contribution in [2.75, 3.05) is 6.61 Å². The molecule has 0 amide bonds.